The lowest BCUT2D eigenvalue weighted by molar-refractivity contribution is -0.118. The number of fused-ring (bicyclic) bond motifs is 1. The summed E-state index contributed by atoms with van der Waals surface area (Å²) in [4.78, 5) is 42.5. The number of nitrogens with zero attached hydrogens (tertiary/aromatic N) is 2. The normalized spacial score (nSPS) is 14.4. The second-order valence-corrected chi connectivity index (χ2v) is 7.04. The fraction of sp³-hybridized carbons (Fsp3) is 0.294. The van der Waals surface area contributed by atoms with Crippen LogP contribution in [0, 0.1) is 5.92 Å². The lowest BCUT2D eigenvalue weighted by Crippen LogP contribution is -2.54. The Hall–Kier alpha value is -2.94. The molecule has 0 fully saturated rings. The summed E-state index contributed by atoms with van der Waals surface area (Å²) < 4.78 is 0. The van der Waals surface area contributed by atoms with Crippen molar-refractivity contribution in [2.45, 2.75) is 19.9 Å². The highest BCUT2D eigenvalue weighted by atomic mass is 32.1. The van der Waals surface area contributed by atoms with Crippen LogP contribution in [-0.2, 0) is 9.59 Å². The van der Waals surface area contributed by atoms with Crippen molar-refractivity contribution in [2.75, 3.05) is 22.1 Å². The SMILES string of the molecule is CC(C)[C@H](NC(=O)N1CC(=O)Nc2ccccc21)C(=O)Nc1nccs1. The quantitative estimate of drug-likeness (QED) is 0.765. The van der Waals surface area contributed by atoms with Crippen molar-refractivity contribution in [3.05, 3.63) is 35.8 Å². The van der Waals surface area contributed by atoms with E-state index in [2.05, 4.69) is 20.9 Å². The van der Waals surface area contributed by atoms with Crippen molar-refractivity contribution < 1.29 is 14.4 Å². The molecule has 1 aliphatic rings. The molecule has 4 amide bonds. The van der Waals surface area contributed by atoms with Crippen molar-refractivity contribution in [1.29, 1.82) is 0 Å². The molecule has 0 aliphatic carbocycles. The van der Waals surface area contributed by atoms with Gasteiger partial charge in [-0.05, 0) is 18.1 Å². The molecule has 0 radical (unpaired) electrons. The van der Waals surface area contributed by atoms with Crippen molar-refractivity contribution in [1.82, 2.24) is 10.3 Å². The van der Waals surface area contributed by atoms with E-state index in [1.165, 1.54) is 16.2 Å². The number of aromatic nitrogens is 1. The Labute approximate surface area is 154 Å². The Morgan fingerprint density at radius 1 is 1.31 bits per heavy atom. The Kier molecular flexibility index (Phi) is 5.17. The van der Waals surface area contributed by atoms with Gasteiger partial charge in [0.15, 0.2) is 5.13 Å². The predicted molar refractivity (Wildman–Crippen MR) is 100 cm³/mol. The molecule has 3 rings (SSSR count). The van der Waals surface area contributed by atoms with Gasteiger partial charge in [-0.1, -0.05) is 26.0 Å². The minimum Gasteiger partial charge on any atom is -0.326 e. The molecule has 26 heavy (non-hydrogen) atoms. The smallest absolute Gasteiger partial charge is 0.323 e. The van der Waals surface area contributed by atoms with Crippen LogP contribution in [0.1, 0.15) is 13.8 Å². The van der Waals surface area contributed by atoms with Gasteiger partial charge < -0.3 is 16.0 Å². The lowest BCUT2D eigenvalue weighted by atomic mass is 10.0. The van der Waals surface area contributed by atoms with E-state index in [1.54, 1.807) is 35.8 Å². The summed E-state index contributed by atoms with van der Waals surface area (Å²) >= 11 is 1.30. The largest absolute Gasteiger partial charge is 0.326 e. The number of hydrogen-bond donors (Lipinski definition) is 3. The zero-order valence-electron chi connectivity index (χ0n) is 14.4. The van der Waals surface area contributed by atoms with Crippen molar-refractivity contribution in [3.8, 4) is 0 Å². The summed E-state index contributed by atoms with van der Waals surface area (Å²) in [5, 5.41) is 10.4. The Balaban J connectivity index is 1.76. The molecule has 1 atom stereocenters. The first-order chi connectivity index (χ1) is 12.5. The van der Waals surface area contributed by atoms with Gasteiger partial charge >= 0.3 is 6.03 Å². The molecule has 0 saturated heterocycles. The number of para-hydroxylation sites is 2. The van der Waals surface area contributed by atoms with E-state index in [9.17, 15) is 14.4 Å². The maximum absolute atomic E-state index is 12.8. The van der Waals surface area contributed by atoms with Gasteiger partial charge in [-0.3, -0.25) is 14.5 Å². The van der Waals surface area contributed by atoms with E-state index in [-0.39, 0.29) is 24.3 Å². The highest BCUT2D eigenvalue weighted by molar-refractivity contribution is 7.13. The monoisotopic (exact) mass is 373 g/mol. The number of hydrogen-bond acceptors (Lipinski definition) is 5. The van der Waals surface area contributed by atoms with Gasteiger partial charge in [-0.25, -0.2) is 9.78 Å². The minimum atomic E-state index is -0.761. The molecule has 136 valence electrons. The summed E-state index contributed by atoms with van der Waals surface area (Å²) in [5.74, 6) is -0.780. The third-order valence-electron chi connectivity index (χ3n) is 3.91. The second kappa shape index (κ2) is 7.52. The van der Waals surface area contributed by atoms with Crippen LogP contribution >= 0.6 is 11.3 Å². The first kappa shape index (κ1) is 17.9. The topological polar surface area (TPSA) is 103 Å². The van der Waals surface area contributed by atoms with Crippen molar-refractivity contribution >= 4 is 45.7 Å². The molecule has 0 spiro atoms. The van der Waals surface area contributed by atoms with Gasteiger partial charge in [0.25, 0.3) is 0 Å². The van der Waals surface area contributed by atoms with Gasteiger partial charge in [0, 0.05) is 11.6 Å². The van der Waals surface area contributed by atoms with E-state index in [1.807, 2.05) is 13.8 Å². The molecule has 0 saturated carbocycles. The van der Waals surface area contributed by atoms with Crippen LogP contribution < -0.4 is 20.9 Å². The number of nitrogens with one attached hydrogen (secondary N) is 3. The Bertz CT molecular complexity index is 822. The molecule has 8 nitrogen and oxygen atoms in total. The van der Waals surface area contributed by atoms with E-state index in [0.717, 1.165) is 0 Å². The third kappa shape index (κ3) is 3.83. The first-order valence-electron chi connectivity index (χ1n) is 8.13. The molecule has 2 aromatic rings. The van der Waals surface area contributed by atoms with Gasteiger partial charge in [0.2, 0.25) is 11.8 Å². The molecule has 0 unspecified atom stereocenters. The van der Waals surface area contributed by atoms with Gasteiger partial charge in [0.1, 0.15) is 12.6 Å². The number of thiazole rings is 1. The van der Waals surface area contributed by atoms with Crippen LogP contribution in [0.15, 0.2) is 35.8 Å². The molecule has 0 bridgehead atoms. The molecule has 1 aliphatic heterocycles. The van der Waals surface area contributed by atoms with Gasteiger partial charge in [-0.2, -0.15) is 0 Å². The van der Waals surface area contributed by atoms with Crippen LogP contribution in [0.5, 0.6) is 0 Å². The van der Waals surface area contributed by atoms with Gasteiger partial charge in [-0.15, -0.1) is 11.3 Å². The molecular weight excluding hydrogens is 354 g/mol. The standard InChI is InChI=1S/C17H19N5O3S/c1-10(2)14(15(24)21-16-18-7-8-26-16)20-17(25)22-9-13(23)19-11-5-3-4-6-12(11)22/h3-8,10,14H,9H2,1-2H3,(H,19,23)(H,20,25)(H,18,21,24)/t14-/m0/s1. The van der Waals surface area contributed by atoms with Gasteiger partial charge in [0.05, 0.1) is 11.4 Å². The molecule has 3 N–H and O–H groups in total. The fourth-order valence-electron chi connectivity index (χ4n) is 2.63. The number of anilines is 3. The average molecular weight is 373 g/mol. The first-order valence-corrected chi connectivity index (χ1v) is 9.01. The number of carbonyl (C=O) groups is 3. The Morgan fingerprint density at radius 2 is 2.08 bits per heavy atom. The number of amides is 4. The number of benzene rings is 1. The lowest BCUT2D eigenvalue weighted by Gasteiger charge is -2.31. The zero-order valence-corrected chi connectivity index (χ0v) is 15.2. The second-order valence-electron chi connectivity index (χ2n) is 6.15. The maximum Gasteiger partial charge on any atom is 0.323 e. The van der Waals surface area contributed by atoms with Crippen LogP contribution in [0.2, 0.25) is 0 Å². The number of rotatable bonds is 4. The molecule has 1 aromatic carbocycles. The van der Waals surface area contributed by atoms with Crippen LogP contribution in [-0.4, -0.2) is 35.4 Å². The van der Waals surface area contributed by atoms with E-state index in [4.69, 9.17) is 0 Å². The van der Waals surface area contributed by atoms with E-state index >= 15 is 0 Å². The van der Waals surface area contributed by atoms with Crippen LogP contribution in [0.3, 0.4) is 0 Å². The predicted octanol–water partition coefficient (Wildman–Crippen LogP) is 2.27. The molecule has 1 aromatic heterocycles. The minimum absolute atomic E-state index is 0.109. The van der Waals surface area contributed by atoms with E-state index < -0.39 is 12.1 Å². The highest BCUT2D eigenvalue weighted by Crippen LogP contribution is 2.29. The fourth-order valence-corrected chi connectivity index (χ4v) is 3.16. The summed E-state index contributed by atoms with van der Waals surface area (Å²) in [5.41, 5.74) is 1.15. The summed E-state index contributed by atoms with van der Waals surface area (Å²) in [6.07, 6.45) is 1.59. The van der Waals surface area contributed by atoms with E-state index in [0.29, 0.717) is 16.5 Å². The summed E-state index contributed by atoms with van der Waals surface area (Å²) in [6, 6.07) is 5.77. The zero-order chi connectivity index (χ0) is 18.7. The van der Waals surface area contributed by atoms with Crippen LogP contribution in [0.4, 0.5) is 21.3 Å². The molecular formula is C17H19N5O3S. The van der Waals surface area contributed by atoms with Crippen LogP contribution in [0.25, 0.3) is 0 Å². The summed E-state index contributed by atoms with van der Waals surface area (Å²) in [6.45, 7) is 3.56. The number of urea groups is 1. The average Bonchev–Trinajstić information content (AvgIpc) is 3.11. The number of carbonyl (C=O) groups excluding carboxylic acids is 3. The Morgan fingerprint density at radius 3 is 2.77 bits per heavy atom. The molecule has 9 heteroatoms. The molecule has 2 heterocycles. The third-order valence-corrected chi connectivity index (χ3v) is 4.59. The highest BCUT2D eigenvalue weighted by Gasteiger charge is 2.31. The maximum atomic E-state index is 12.8. The van der Waals surface area contributed by atoms with Crippen molar-refractivity contribution in [3.63, 3.8) is 0 Å². The summed E-state index contributed by atoms with van der Waals surface area (Å²) in [7, 11) is 0. The van der Waals surface area contributed by atoms with Crippen molar-refractivity contribution in [2.24, 2.45) is 5.92 Å².